The first kappa shape index (κ1) is 18.8. The minimum atomic E-state index is -3.76. The molecule has 6 nitrogen and oxygen atoms in total. The van der Waals surface area contributed by atoms with Crippen molar-refractivity contribution in [3.05, 3.63) is 53.6 Å². The number of para-hydroxylation sites is 1. The zero-order valence-corrected chi connectivity index (χ0v) is 15.1. The molecule has 0 aliphatic rings. The van der Waals surface area contributed by atoms with Gasteiger partial charge in [-0.25, -0.2) is 4.83 Å². The van der Waals surface area contributed by atoms with Gasteiger partial charge in [0.2, 0.25) is 0 Å². The van der Waals surface area contributed by atoms with E-state index in [4.69, 9.17) is 4.74 Å². The average molecular weight is 362 g/mol. The molecule has 0 unspecified atom stereocenters. The average Bonchev–Trinajstić information content (AvgIpc) is 2.61. The third kappa shape index (κ3) is 4.96. The van der Waals surface area contributed by atoms with Crippen LogP contribution in [0, 0.1) is 0 Å². The van der Waals surface area contributed by atoms with Crippen LogP contribution in [0.5, 0.6) is 11.5 Å². The van der Waals surface area contributed by atoms with E-state index < -0.39 is 10.0 Å². The van der Waals surface area contributed by atoms with Crippen molar-refractivity contribution < 1.29 is 18.3 Å². The second kappa shape index (κ2) is 8.53. The van der Waals surface area contributed by atoms with Gasteiger partial charge in [0, 0.05) is 5.56 Å². The summed E-state index contributed by atoms with van der Waals surface area (Å²) in [7, 11) is -2.32. The largest absolute Gasteiger partial charge is 0.504 e. The van der Waals surface area contributed by atoms with E-state index in [1.807, 2.05) is 12.1 Å². The maximum absolute atomic E-state index is 12.2. The molecule has 0 atom stereocenters. The summed E-state index contributed by atoms with van der Waals surface area (Å²) in [6, 6.07) is 11.6. The summed E-state index contributed by atoms with van der Waals surface area (Å²) >= 11 is 0. The number of sulfonamides is 1. The Kier molecular flexibility index (Phi) is 6.41. The predicted molar refractivity (Wildman–Crippen MR) is 97.6 cm³/mol. The monoisotopic (exact) mass is 362 g/mol. The fourth-order valence-corrected chi connectivity index (χ4v) is 3.03. The molecule has 0 heterocycles. The highest BCUT2D eigenvalue weighted by Crippen LogP contribution is 2.27. The van der Waals surface area contributed by atoms with Crippen molar-refractivity contribution in [3.63, 3.8) is 0 Å². The number of methoxy groups -OCH3 is 1. The molecule has 0 aromatic heterocycles. The topological polar surface area (TPSA) is 88.0 Å². The van der Waals surface area contributed by atoms with Crippen molar-refractivity contribution in [1.82, 2.24) is 4.83 Å². The highest BCUT2D eigenvalue weighted by atomic mass is 32.2. The second-order valence-electron chi connectivity index (χ2n) is 5.50. The van der Waals surface area contributed by atoms with Crippen molar-refractivity contribution in [2.75, 3.05) is 7.11 Å². The van der Waals surface area contributed by atoms with E-state index in [2.05, 4.69) is 16.9 Å². The Hall–Kier alpha value is -2.54. The predicted octanol–water partition coefficient (Wildman–Crippen LogP) is 3.06. The van der Waals surface area contributed by atoms with Crippen LogP contribution in [0.1, 0.15) is 30.9 Å². The molecule has 2 rings (SSSR count). The SMILES string of the molecule is CCCCc1ccc(S(=O)(=O)N/N=C\c2cccc(OC)c2O)cc1. The van der Waals surface area contributed by atoms with Crippen molar-refractivity contribution in [1.29, 1.82) is 0 Å². The van der Waals surface area contributed by atoms with Gasteiger partial charge in [-0.05, 0) is 42.7 Å². The van der Waals surface area contributed by atoms with Gasteiger partial charge in [0.05, 0.1) is 18.2 Å². The number of unbranched alkanes of at least 4 members (excludes halogenated alkanes) is 1. The number of nitrogens with one attached hydrogen (secondary N) is 1. The molecular weight excluding hydrogens is 340 g/mol. The summed E-state index contributed by atoms with van der Waals surface area (Å²) in [5, 5.41) is 13.7. The van der Waals surface area contributed by atoms with Crippen LogP contribution in [0.3, 0.4) is 0 Å². The zero-order valence-electron chi connectivity index (χ0n) is 14.3. The van der Waals surface area contributed by atoms with E-state index >= 15 is 0 Å². The number of benzene rings is 2. The molecule has 0 saturated carbocycles. The van der Waals surface area contributed by atoms with Gasteiger partial charge in [-0.15, -0.1) is 0 Å². The molecule has 0 saturated heterocycles. The highest BCUT2D eigenvalue weighted by Gasteiger charge is 2.12. The van der Waals surface area contributed by atoms with Crippen LogP contribution in [0.2, 0.25) is 0 Å². The number of ether oxygens (including phenoxy) is 1. The van der Waals surface area contributed by atoms with Crippen LogP contribution in [0.15, 0.2) is 52.5 Å². The number of hydrogen-bond donors (Lipinski definition) is 2. The first-order valence-electron chi connectivity index (χ1n) is 7.97. The van der Waals surface area contributed by atoms with Gasteiger partial charge in [0.25, 0.3) is 10.0 Å². The van der Waals surface area contributed by atoms with Crippen LogP contribution < -0.4 is 9.57 Å². The number of nitrogens with zero attached hydrogens (tertiary/aromatic N) is 1. The van der Waals surface area contributed by atoms with E-state index in [0.29, 0.717) is 5.56 Å². The summed E-state index contributed by atoms with van der Waals surface area (Å²) in [6.07, 6.45) is 4.31. The minimum absolute atomic E-state index is 0.103. The second-order valence-corrected chi connectivity index (χ2v) is 7.16. The Balaban J connectivity index is 2.08. The summed E-state index contributed by atoms with van der Waals surface area (Å²) in [6.45, 7) is 2.11. The number of aryl methyl sites for hydroxylation is 1. The maximum atomic E-state index is 12.2. The number of hydrogen-bond acceptors (Lipinski definition) is 5. The number of aromatic hydroxyl groups is 1. The lowest BCUT2D eigenvalue weighted by Crippen LogP contribution is -2.18. The van der Waals surface area contributed by atoms with E-state index in [0.717, 1.165) is 24.8 Å². The van der Waals surface area contributed by atoms with Crippen molar-refractivity contribution in [2.24, 2.45) is 5.10 Å². The van der Waals surface area contributed by atoms with Gasteiger partial charge in [-0.3, -0.25) is 0 Å². The molecule has 0 aliphatic carbocycles. The van der Waals surface area contributed by atoms with Crippen molar-refractivity contribution in [2.45, 2.75) is 31.1 Å². The lowest BCUT2D eigenvalue weighted by Gasteiger charge is -2.06. The van der Waals surface area contributed by atoms with Crippen LogP contribution in [-0.4, -0.2) is 26.8 Å². The van der Waals surface area contributed by atoms with E-state index in [-0.39, 0.29) is 16.4 Å². The lowest BCUT2D eigenvalue weighted by molar-refractivity contribution is 0.373. The zero-order chi connectivity index (χ0) is 18.3. The third-order valence-corrected chi connectivity index (χ3v) is 4.92. The summed E-state index contributed by atoms with van der Waals surface area (Å²) in [5.74, 6) is 0.183. The number of hydrazone groups is 1. The summed E-state index contributed by atoms with van der Waals surface area (Å²) in [4.78, 5) is 2.28. The smallest absolute Gasteiger partial charge is 0.276 e. The molecule has 2 aromatic rings. The molecule has 0 aliphatic heterocycles. The molecule has 7 heteroatoms. The van der Waals surface area contributed by atoms with Crippen LogP contribution >= 0.6 is 0 Å². The Morgan fingerprint density at radius 1 is 1.20 bits per heavy atom. The minimum Gasteiger partial charge on any atom is -0.504 e. The van der Waals surface area contributed by atoms with Gasteiger partial charge in [0.1, 0.15) is 0 Å². The van der Waals surface area contributed by atoms with Crippen molar-refractivity contribution >= 4 is 16.2 Å². The van der Waals surface area contributed by atoms with E-state index in [1.165, 1.54) is 13.3 Å². The first-order chi connectivity index (χ1) is 12.0. The first-order valence-corrected chi connectivity index (χ1v) is 9.46. The fourth-order valence-electron chi connectivity index (χ4n) is 2.24. The van der Waals surface area contributed by atoms with Crippen LogP contribution in [0.25, 0.3) is 0 Å². The highest BCUT2D eigenvalue weighted by molar-refractivity contribution is 7.89. The molecule has 0 amide bonds. The van der Waals surface area contributed by atoms with Crippen molar-refractivity contribution in [3.8, 4) is 11.5 Å². The Labute approximate surface area is 148 Å². The maximum Gasteiger partial charge on any atom is 0.276 e. The summed E-state index contributed by atoms with van der Waals surface area (Å²) in [5.41, 5.74) is 1.45. The van der Waals surface area contributed by atoms with Gasteiger partial charge >= 0.3 is 0 Å². The van der Waals surface area contributed by atoms with E-state index in [1.54, 1.807) is 30.3 Å². The Morgan fingerprint density at radius 3 is 2.56 bits per heavy atom. The quantitative estimate of drug-likeness (QED) is 0.558. The number of rotatable bonds is 8. The molecule has 2 N–H and O–H groups in total. The molecular formula is C18H22N2O4S. The Morgan fingerprint density at radius 2 is 1.92 bits per heavy atom. The molecule has 0 bridgehead atoms. The molecule has 134 valence electrons. The van der Waals surface area contributed by atoms with Gasteiger partial charge in [0.15, 0.2) is 11.5 Å². The van der Waals surface area contributed by atoms with E-state index in [9.17, 15) is 13.5 Å². The summed E-state index contributed by atoms with van der Waals surface area (Å²) < 4.78 is 29.5. The Bertz CT molecular complexity index is 831. The number of phenols is 1. The molecule has 0 spiro atoms. The van der Waals surface area contributed by atoms with Gasteiger partial charge in [-0.2, -0.15) is 13.5 Å². The molecule has 0 radical (unpaired) electrons. The van der Waals surface area contributed by atoms with Gasteiger partial charge in [-0.1, -0.05) is 31.5 Å². The molecule has 0 fully saturated rings. The third-order valence-electron chi connectivity index (χ3n) is 3.68. The van der Waals surface area contributed by atoms with Crippen LogP contribution in [-0.2, 0) is 16.4 Å². The van der Waals surface area contributed by atoms with Gasteiger partial charge < -0.3 is 9.84 Å². The lowest BCUT2D eigenvalue weighted by atomic mass is 10.1. The normalized spacial score (nSPS) is 11.6. The standard InChI is InChI=1S/C18H22N2O4S/c1-3-4-6-14-9-11-16(12-10-14)25(22,23)20-19-13-15-7-5-8-17(24-2)18(15)21/h5,7-13,20-21H,3-4,6H2,1-2H3/b19-13-. The number of phenolic OH excluding ortho intramolecular Hbond substituents is 1. The van der Waals surface area contributed by atoms with Crippen LogP contribution in [0.4, 0.5) is 0 Å². The molecule has 2 aromatic carbocycles. The molecule has 25 heavy (non-hydrogen) atoms. The fraction of sp³-hybridized carbons (Fsp3) is 0.278.